The number of benzene rings is 1. The van der Waals surface area contributed by atoms with Gasteiger partial charge in [-0.3, -0.25) is 0 Å². The molecule has 0 saturated heterocycles. The zero-order chi connectivity index (χ0) is 15.0. The largest absolute Gasteiger partial charge is 0.426 e. The van der Waals surface area contributed by atoms with E-state index in [2.05, 4.69) is 10.1 Å². The Hall–Kier alpha value is -2.15. The number of hydrogen-bond donors (Lipinski definition) is 0. The van der Waals surface area contributed by atoms with Gasteiger partial charge in [0.05, 0.1) is 0 Å². The van der Waals surface area contributed by atoms with E-state index in [0.717, 1.165) is 0 Å². The quantitative estimate of drug-likeness (QED) is 0.711. The van der Waals surface area contributed by atoms with E-state index >= 15 is 0 Å². The van der Waals surface area contributed by atoms with Gasteiger partial charge < -0.3 is 0 Å². The highest BCUT2D eigenvalue weighted by Gasteiger charge is 2.37. The molecule has 3 aromatic rings. The molecule has 0 saturated carbocycles. The summed E-state index contributed by atoms with van der Waals surface area (Å²) in [4.78, 5) is 2.55. The molecule has 2 heterocycles. The summed E-state index contributed by atoms with van der Waals surface area (Å²) in [6.45, 7) is 1.65. The fourth-order valence-corrected chi connectivity index (χ4v) is 2.97. The summed E-state index contributed by atoms with van der Waals surface area (Å²) < 4.78 is 44.6. The van der Waals surface area contributed by atoms with E-state index in [9.17, 15) is 13.2 Å². The molecule has 0 radical (unpaired) electrons. The van der Waals surface area contributed by atoms with Crippen LogP contribution in [0.3, 0.4) is 0 Å². The third kappa shape index (κ3) is 2.69. The summed E-state index contributed by atoms with van der Waals surface area (Å²) in [5.41, 5.74) is 0.671. The van der Waals surface area contributed by atoms with Crippen LogP contribution in [0.4, 0.5) is 13.2 Å². The summed E-state index contributed by atoms with van der Waals surface area (Å²) in [7, 11) is 0. The van der Waals surface area contributed by atoms with E-state index in [4.69, 9.17) is 4.52 Å². The molecule has 0 atom stereocenters. The highest BCUT2D eigenvalue weighted by atomic mass is 32.1. The van der Waals surface area contributed by atoms with Gasteiger partial charge in [0.2, 0.25) is 0 Å². The number of aromatic nitrogens is 2. The van der Waals surface area contributed by atoms with Crippen LogP contribution in [0.15, 0.2) is 40.9 Å². The highest BCUT2D eigenvalue weighted by Crippen LogP contribution is 2.44. The molecule has 3 nitrogen and oxygen atoms in total. The molecule has 0 spiro atoms. The van der Waals surface area contributed by atoms with Gasteiger partial charge in [-0.05, 0) is 11.6 Å². The van der Waals surface area contributed by atoms with Crippen LogP contribution >= 0.6 is 11.3 Å². The molecule has 1 N–H and O–H groups in total. The maximum atomic E-state index is 13.2. The van der Waals surface area contributed by atoms with Crippen LogP contribution < -0.4 is 4.98 Å². The van der Waals surface area contributed by atoms with Crippen molar-refractivity contribution in [3.63, 3.8) is 0 Å². The Kier molecular flexibility index (Phi) is 3.29. The van der Waals surface area contributed by atoms with Gasteiger partial charge in [0.1, 0.15) is 9.75 Å². The number of H-pyrrole nitrogens is 1. The van der Waals surface area contributed by atoms with Crippen LogP contribution in [0.1, 0.15) is 10.8 Å². The van der Waals surface area contributed by atoms with E-state index in [-0.39, 0.29) is 5.56 Å². The van der Waals surface area contributed by atoms with Gasteiger partial charge in [0.25, 0.3) is 0 Å². The van der Waals surface area contributed by atoms with E-state index < -0.39 is 11.1 Å². The molecule has 2 aromatic heterocycles. The first-order valence-corrected chi connectivity index (χ1v) is 6.89. The predicted molar refractivity (Wildman–Crippen MR) is 71.5 cm³/mol. The minimum Gasteiger partial charge on any atom is -0.218 e. The van der Waals surface area contributed by atoms with Gasteiger partial charge in [0, 0.05) is 12.5 Å². The van der Waals surface area contributed by atoms with Crippen molar-refractivity contribution in [2.24, 2.45) is 0 Å². The molecule has 0 aliphatic heterocycles. The fourth-order valence-electron chi connectivity index (χ4n) is 1.98. The molecule has 7 heteroatoms. The normalized spacial score (nSPS) is 11.8. The van der Waals surface area contributed by atoms with E-state index in [1.165, 1.54) is 6.07 Å². The van der Waals surface area contributed by atoms with E-state index in [1.807, 2.05) is 0 Å². The van der Waals surface area contributed by atoms with Gasteiger partial charge in [0.15, 0.2) is 5.16 Å². The second-order valence-electron chi connectivity index (χ2n) is 4.43. The second kappa shape index (κ2) is 5.00. The maximum Gasteiger partial charge on any atom is 0.426 e. The molecule has 0 aliphatic rings. The maximum absolute atomic E-state index is 13.2. The van der Waals surface area contributed by atoms with Gasteiger partial charge in [-0.25, -0.2) is 9.51 Å². The Labute approximate surface area is 122 Å². The summed E-state index contributed by atoms with van der Waals surface area (Å²) >= 11 is 0.649. The Morgan fingerprint density at radius 3 is 2.48 bits per heavy atom. The topological polar surface area (TPSA) is 40.2 Å². The zero-order valence-electron chi connectivity index (χ0n) is 10.9. The molecule has 108 valence electrons. The molecule has 0 bridgehead atoms. The third-order valence-electron chi connectivity index (χ3n) is 2.88. The Morgan fingerprint density at radius 2 is 1.90 bits per heavy atom. The molecule has 3 rings (SSSR count). The minimum atomic E-state index is -4.41. The molecule has 0 unspecified atom stereocenters. The van der Waals surface area contributed by atoms with Crippen molar-refractivity contribution in [3.05, 3.63) is 47.2 Å². The summed E-state index contributed by atoms with van der Waals surface area (Å²) in [6.07, 6.45) is -4.41. The number of alkyl halides is 3. The number of nitrogens with zero attached hydrogens (tertiary/aromatic N) is 1. The van der Waals surface area contributed by atoms with Crippen molar-refractivity contribution in [2.45, 2.75) is 13.1 Å². The molecule has 0 amide bonds. The van der Waals surface area contributed by atoms with Crippen LogP contribution in [0.5, 0.6) is 0 Å². The van der Waals surface area contributed by atoms with Crippen LogP contribution in [-0.4, -0.2) is 5.16 Å². The smallest absolute Gasteiger partial charge is 0.218 e. The average molecular weight is 311 g/mol. The number of rotatable bonds is 2. The lowest BCUT2D eigenvalue weighted by atomic mass is 10.1. The zero-order valence-corrected chi connectivity index (χ0v) is 11.7. The predicted octanol–water partition coefficient (Wildman–Crippen LogP) is 4.21. The van der Waals surface area contributed by atoms with Crippen molar-refractivity contribution >= 4 is 11.3 Å². The summed E-state index contributed by atoms with van der Waals surface area (Å²) in [5, 5.41) is 3.73. The lowest BCUT2D eigenvalue weighted by Crippen LogP contribution is -2.04. The van der Waals surface area contributed by atoms with Gasteiger partial charge >= 0.3 is 17.9 Å². The first-order valence-electron chi connectivity index (χ1n) is 6.07. The second-order valence-corrected chi connectivity index (χ2v) is 5.48. The fraction of sp³-hybridized carbons (Fsp3) is 0.143. The third-order valence-corrected chi connectivity index (χ3v) is 4.06. The number of aryl methyl sites for hydroxylation is 1. The number of halogens is 3. The standard InChI is InChI=1S/C14H9F3N2OS/c1-8-18-13(19-20-8)11-7-10(9-5-3-2-4-6-9)12(21-11)14(15,16)17/h2-7H,1H3/p+1. The SMILES string of the molecule is Cc1[nH+]c(-c2cc(-c3ccccc3)c(C(F)(F)F)s2)no1. The van der Waals surface area contributed by atoms with E-state index in [1.54, 1.807) is 37.3 Å². The highest BCUT2D eigenvalue weighted by molar-refractivity contribution is 7.16. The summed E-state index contributed by atoms with van der Waals surface area (Å²) in [6, 6.07) is 9.96. The van der Waals surface area contributed by atoms with Crippen molar-refractivity contribution in [2.75, 3.05) is 0 Å². The van der Waals surface area contributed by atoms with Gasteiger partial charge in [-0.2, -0.15) is 13.2 Å². The summed E-state index contributed by atoms with van der Waals surface area (Å²) in [5.74, 6) is 0.735. The van der Waals surface area contributed by atoms with Gasteiger partial charge in [-0.15, -0.1) is 11.3 Å². The molecule has 21 heavy (non-hydrogen) atoms. The number of thiophene rings is 1. The monoisotopic (exact) mass is 311 g/mol. The number of hydrogen-bond acceptors (Lipinski definition) is 3. The Bertz CT molecular complexity index is 762. The minimum absolute atomic E-state index is 0.150. The van der Waals surface area contributed by atoms with Crippen molar-refractivity contribution in [1.82, 2.24) is 5.16 Å². The first kappa shape index (κ1) is 13.8. The average Bonchev–Trinajstić information content (AvgIpc) is 3.05. The Morgan fingerprint density at radius 1 is 1.19 bits per heavy atom. The lowest BCUT2D eigenvalue weighted by molar-refractivity contribution is -0.382. The van der Waals surface area contributed by atoms with Gasteiger partial charge in [-0.1, -0.05) is 30.3 Å². The van der Waals surface area contributed by atoms with Crippen LogP contribution in [0.25, 0.3) is 21.8 Å². The Balaban J connectivity index is 2.17. The van der Waals surface area contributed by atoms with Crippen LogP contribution in [0.2, 0.25) is 0 Å². The number of aromatic amines is 1. The van der Waals surface area contributed by atoms with Crippen molar-refractivity contribution in [3.8, 4) is 21.8 Å². The van der Waals surface area contributed by atoms with Crippen molar-refractivity contribution < 1.29 is 22.7 Å². The molecular weight excluding hydrogens is 301 g/mol. The van der Waals surface area contributed by atoms with Crippen molar-refractivity contribution in [1.29, 1.82) is 0 Å². The van der Waals surface area contributed by atoms with E-state index in [0.29, 0.717) is 33.5 Å². The molecule has 1 aromatic carbocycles. The molecule has 0 fully saturated rings. The lowest BCUT2D eigenvalue weighted by Gasteiger charge is -2.07. The van der Waals surface area contributed by atoms with Crippen LogP contribution in [0, 0.1) is 6.92 Å². The number of nitrogens with one attached hydrogen (secondary N) is 1. The van der Waals surface area contributed by atoms with Crippen LogP contribution in [-0.2, 0) is 6.18 Å². The molecule has 0 aliphatic carbocycles. The molecular formula is C14H10F3N2OS+. The first-order chi connectivity index (χ1) is 9.95.